The highest BCUT2D eigenvalue weighted by Gasteiger charge is 2.38. The number of rotatable bonds is 13. The Morgan fingerprint density at radius 3 is 0.938 bits per heavy atom. The highest BCUT2D eigenvalue weighted by molar-refractivity contribution is 7.88. The molecule has 0 amide bonds. The number of hydrogen-bond acceptors (Lipinski definition) is 20. The summed E-state index contributed by atoms with van der Waals surface area (Å²) in [5, 5.41) is 88.3. The normalized spacial score (nSPS) is 11.8. The van der Waals surface area contributed by atoms with Gasteiger partial charge >= 0.3 is 63.2 Å². The fraction of sp³-hybridized carbons (Fsp3) is 0. The zero-order valence-electron chi connectivity index (χ0n) is 39.8. The first-order chi connectivity index (χ1) is 38.1. The average molecular weight is 1150 g/mol. The molecule has 10 rings (SSSR count). The van der Waals surface area contributed by atoms with Gasteiger partial charge in [-0.25, -0.2) is 0 Å². The van der Waals surface area contributed by atoms with Crippen molar-refractivity contribution in [1.82, 2.24) is 0 Å². The van der Waals surface area contributed by atoms with E-state index in [0.29, 0.717) is 6.07 Å². The van der Waals surface area contributed by atoms with E-state index in [4.69, 9.17) is 16.7 Å². The maximum Gasteiger partial charge on any atom is 0.378 e. The SMILES string of the molecule is N#[N+]c1ccc2c(S(=O)(=O)Oc3cc(-c4ccccc4)c(OS(=O)(=O)c4cccc5c([O-])c([N+]#N)ccc45)c(OS(=O)(=O)c4cccc5c([O-])c([N+]#N)ccc45)c3OS(=O)(=O)c3cccc4c([O-])c([N+]#N)ccc34)cccc2c1[O-]. The molecule has 28 heteroatoms. The minimum atomic E-state index is -5.71. The quantitative estimate of drug-likeness (QED) is 0.0766. The van der Waals surface area contributed by atoms with Gasteiger partial charge in [-0.05, 0) is 105 Å². The first-order valence-corrected chi connectivity index (χ1v) is 28.1. The van der Waals surface area contributed by atoms with E-state index < -0.39 is 145 Å². The topological polar surface area (TPSA) is 378 Å². The maximum atomic E-state index is 15.1. The van der Waals surface area contributed by atoms with E-state index in [2.05, 4.69) is 19.9 Å². The zero-order chi connectivity index (χ0) is 57.1. The fourth-order valence-corrected chi connectivity index (χ4v) is 13.3. The highest BCUT2D eigenvalue weighted by atomic mass is 32.2. The number of diazo groups is 4. The van der Waals surface area contributed by atoms with Gasteiger partial charge in [-0.2, -0.15) is 33.7 Å². The van der Waals surface area contributed by atoms with Crippen LogP contribution in [0.25, 0.3) is 74.1 Å². The fourth-order valence-electron chi connectivity index (χ4n) is 8.70. The highest BCUT2D eigenvalue weighted by Crippen LogP contribution is 2.55. The Morgan fingerprint density at radius 2 is 0.613 bits per heavy atom. The van der Waals surface area contributed by atoms with Gasteiger partial charge in [-0.1, -0.05) is 78.9 Å². The molecule has 0 aliphatic heterocycles. The van der Waals surface area contributed by atoms with E-state index in [1.54, 1.807) is 0 Å². The summed E-state index contributed by atoms with van der Waals surface area (Å²) in [4.78, 5) is 8.24. The predicted octanol–water partition coefficient (Wildman–Crippen LogP) is 9.27. The molecule has 0 heterocycles. The van der Waals surface area contributed by atoms with Crippen LogP contribution in [0.15, 0.2) is 177 Å². The smallest absolute Gasteiger partial charge is 0.378 e. The third kappa shape index (κ3) is 8.95. The second-order valence-corrected chi connectivity index (χ2v) is 22.9. The molecule has 0 bridgehead atoms. The van der Waals surface area contributed by atoms with Crippen LogP contribution < -0.4 is 37.2 Å². The Labute approximate surface area is 450 Å². The molecule has 0 N–H and O–H groups in total. The Balaban J connectivity index is 1.32. The van der Waals surface area contributed by atoms with Crippen molar-refractivity contribution in [2.45, 2.75) is 19.6 Å². The number of nitrogens with zero attached hydrogens (tertiary/aromatic N) is 8. The van der Waals surface area contributed by atoms with E-state index >= 15 is 25.3 Å². The number of hydrogen-bond donors (Lipinski definition) is 0. The largest absolute Gasteiger partial charge is 0.867 e. The molecule has 10 aromatic carbocycles. The standard InChI is InChI=1S/C52H26N8O16S4/c53-57-37-22-18-28-32(46(37)61)10-4-14-42(28)77(65,66)73-41-26-36(27-8-2-1-3-9-27)50(74-78(67,68)43-15-5-11-33-29(43)19-23-38(58-54)47(33)62)52(76-80(71,72)45-17-7-13-35-31(45)21-25-40(60-56)49(35)64)51(41)75-79(69,70)44-16-6-12-34-30(44)20-24-39(59-55)48(34)63/h1-26H. The van der Waals surface area contributed by atoms with Crippen LogP contribution in [0.3, 0.4) is 0 Å². The molecule has 80 heavy (non-hydrogen) atoms. The van der Waals surface area contributed by atoms with Gasteiger partial charge in [0.1, 0.15) is 19.6 Å². The number of fused-ring (bicyclic) bond motifs is 4. The van der Waals surface area contributed by atoms with Crippen molar-refractivity contribution in [2.24, 2.45) is 0 Å². The van der Waals surface area contributed by atoms with Gasteiger partial charge in [-0.15, -0.1) is 0 Å². The van der Waals surface area contributed by atoms with E-state index in [-0.39, 0.29) is 37.9 Å². The molecule has 24 nitrogen and oxygen atoms in total. The molecule has 0 aromatic heterocycles. The van der Waals surface area contributed by atoms with E-state index in [1.165, 1.54) is 42.5 Å². The summed E-state index contributed by atoms with van der Waals surface area (Å²) < 4.78 is 143. The lowest BCUT2D eigenvalue weighted by Gasteiger charge is -2.23. The van der Waals surface area contributed by atoms with Crippen molar-refractivity contribution in [1.29, 1.82) is 21.6 Å². The second kappa shape index (κ2) is 19.6. The van der Waals surface area contributed by atoms with Crippen molar-refractivity contribution in [3.05, 3.63) is 178 Å². The zero-order valence-corrected chi connectivity index (χ0v) is 43.0. The van der Waals surface area contributed by atoms with Gasteiger partial charge in [0.15, 0.2) is 31.4 Å². The van der Waals surface area contributed by atoms with E-state index in [1.807, 2.05) is 0 Å². The molecular formula is C52H26N8O16S4. The summed E-state index contributed by atoms with van der Waals surface area (Å²) in [6.07, 6.45) is 0. The lowest BCUT2D eigenvalue weighted by molar-refractivity contribution is -0.265. The minimum Gasteiger partial charge on any atom is -0.867 e. The Bertz CT molecular complexity index is 5020. The number of benzene rings is 10. The van der Waals surface area contributed by atoms with Crippen LogP contribution in [0, 0.1) is 21.6 Å². The van der Waals surface area contributed by atoms with Crippen molar-refractivity contribution in [2.75, 3.05) is 0 Å². The van der Waals surface area contributed by atoms with Crippen molar-refractivity contribution >= 4 is 106 Å². The van der Waals surface area contributed by atoms with Crippen molar-refractivity contribution < 1.29 is 70.8 Å². The lowest BCUT2D eigenvalue weighted by Crippen LogP contribution is -2.19. The summed E-state index contributed by atoms with van der Waals surface area (Å²) in [6, 6.07) is 28.2. The van der Waals surface area contributed by atoms with Gasteiger partial charge in [0.25, 0.3) is 0 Å². The summed E-state index contributed by atoms with van der Waals surface area (Å²) in [5.41, 5.74) is -2.88. The third-order valence-electron chi connectivity index (χ3n) is 12.3. The van der Waals surface area contributed by atoms with Crippen molar-refractivity contribution in [3.63, 3.8) is 0 Å². The summed E-state index contributed by atoms with van der Waals surface area (Å²) in [7, 11) is -22.5. The molecule has 0 spiro atoms. The molecule has 0 unspecified atom stereocenters. The van der Waals surface area contributed by atoms with Gasteiger partial charge in [-0.3, -0.25) is 0 Å². The third-order valence-corrected chi connectivity index (χ3v) is 17.5. The van der Waals surface area contributed by atoms with Crippen LogP contribution in [0.2, 0.25) is 0 Å². The van der Waals surface area contributed by atoms with Crippen LogP contribution in [0.5, 0.6) is 46.0 Å². The van der Waals surface area contributed by atoms with Crippen LogP contribution in [-0.4, -0.2) is 33.7 Å². The molecule has 394 valence electrons. The van der Waals surface area contributed by atoms with Crippen LogP contribution in [0.4, 0.5) is 22.7 Å². The molecule has 0 aliphatic rings. The van der Waals surface area contributed by atoms with Crippen LogP contribution in [0.1, 0.15) is 0 Å². The first-order valence-electron chi connectivity index (χ1n) is 22.5. The molecule has 0 radical (unpaired) electrons. The van der Waals surface area contributed by atoms with Crippen LogP contribution >= 0.6 is 0 Å². The maximum absolute atomic E-state index is 15.1. The second-order valence-electron chi connectivity index (χ2n) is 16.9. The molecule has 0 saturated heterocycles. The Kier molecular flexibility index (Phi) is 12.9. The molecular weight excluding hydrogens is 1120 g/mol. The summed E-state index contributed by atoms with van der Waals surface area (Å²) in [6.45, 7) is 0. The molecule has 0 atom stereocenters. The van der Waals surface area contributed by atoms with Gasteiger partial charge in [0, 0.05) is 51.4 Å². The molecule has 10 aromatic rings. The summed E-state index contributed by atoms with van der Waals surface area (Å²) >= 11 is 0. The average Bonchev–Trinajstić information content (AvgIpc) is 3.55. The van der Waals surface area contributed by atoms with E-state index in [0.717, 1.165) is 109 Å². The molecule has 0 aliphatic carbocycles. The Hall–Kier alpha value is -10.9. The van der Waals surface area contributed by atoms with Gasteiger partial charge in [0.05, 0.1) is 0 Å². The summed E-state index contributed by atoms with van der Waals surface area (Å²) in [5.74, 6) is -9.68. The van der Waals surface area contributed by atoms with Crippen molar-refractivity contribution in [3.8, 4) is 57.1 Å². The molecule has 0 saturated carbocycles. The predicted molar refractivity (Wildman–Crippen MR) is 276 cm³/mol. The van der Waals surface area contributed by atoms with E-state index in [9.17, 15) is 50.4 Å². The van der Waals surface area contributed by atoms with Crippen LogP contribution in [-0.2, 0) is 40.5 Å². The van der Waals surface area contributed by atoms with Gasteiger partial charge in [0.2, 0.25) is 33.1 Å². The van der Waals surface area contributed by atoms with Gasteiger partial charge < -0.3 is 37.2 Å². The Morgan fingerprint density at radius 1 is 0.312 bits per heavy atom. The lowest BCUT2D eigenvalue weighted by atomic mass is 10.0. The first kappa shape index (κ1) is 52.6. The monoisotopic (exact) mass is 1150 g/mol. The minimum absolute atomic E-state index is 0.157. The molecule has 0 fully saturated rings.